The molecule has 68 valence electrons. The largest absolute Gasteiger partial charge is 0.238 e. The molecule has 0 radical (unpaired) electrons. The molecule has 0 unspecified atom stereocenters. The summed E-state index contributed by atoms with van der Waals surface area (Å²) in [5.74, 6) is 0. The van der Waals surface area contributed by atoms with Gasteiger partial charge in [0.05, 0.1) is 16.5 Å². The highest BCUT2D eigenvalue weighted by atomic mass is 127. The van der Waals surface area contributed by atoms with Crippen LogP contribution in [-0.4, -0.2) is 8.42 Å². The topological polar surface area (TPSA) is 83.9 Å². The molecule has 0 aliphatic rings. The van der Waals surface area contributed by atoms with E-state index in [-0.39, 0.29) is 10.5 Å². The highest BCUT2D eigenvalue weighted by Crippen LogP contribution is 2.14. The number of sulfonamides is 1. The number of nitrogens with two attached hydrogens (primary N) is 1. The summed E-state index contributed by atoms with van der Waals surface area (Å²) in [6.45, 7) is 0. The summed E-state index contributed by atoms with van der Waals surface area (Å²) >= 11 is 1.92. The molecule has 0 aliphatic heterocycles. The Bertz CT molecular complexity index is 476. The molecule has 1 aromatic carbocycles. The van der Waals surface area contributed by atoms with Crippen molar-refractivity contribution in [2.24, 2.45) is 5.14 Å². The molecule has 1 aromatic rings. The smallest absolute Gasteiger partial charge is 0.225 e. The third kappa shape index (κ3) is 2.65. The van der Waals surface area contributed by atoms with Crippen molar-refractivity contribution >= 4 is 32.6 Å². The van der Waals surface area contributed by atoms with Gasteiger partial charge in [-0.05, 0) is 40.8 Å². The second kappa shape index (κ2) is 3.61. The number of primary sulfonamides is 1. The normalized spacial score (nSPS) is 10.8. The van der Waals surface area contributed by atoms with Crippen molar-refractivity contribution < 1.29 is 8.42 Å². The average molecular weight is 308 g/mol. The Morgan fingerprint density at radius 2 is 2.00 bits per heavy atom. The number of benzene rings is 1. The van der Waals surface area contributed by atoms with Gasteiger partial charge in [-0.15, -0.1) is 0 Å². The summed E-state index contributed by atoms with van der Waals surface area (Å²) in [6, 6.07) is 6.10. The molecule has 0 heterocycles. The van der Waals surface area contributed by atoms with Crippen molar-refractivity contribution in [1.82, 2.24) is 0 Å². The standard InChI is InChI=1S/C7H5IN2O2S/c8-6-1-5(4-9)2-7(3-6)13(10,11)12/h1-3H,(H2,10,11,12). The summed E-state index contributed by atoms with van der Waals surface area (Å²) in [4.78, 5) is -0.0315. The molecule has 6 heteroatoms. The van der Waals surface area contributed by atoms with E-state index in [0.29, 0.717) is 3.57 Å². The Kier molecular flexibility index (Phi) is 2.90. The van der Waals surface area contributed by atoms with Gasteiger partial charge in [-0.1, -0.05) is 0 Å². The van der Waals surface area contributed by atoms with E-state index in [2.05, 4.69) is 0 Å². The number of nitrogens with zero attached hydrogens (tertiary/aromatic N) is 1. The van der Waals surface area contributed by atoms with Gasteiger partial charge in [0.1, 0.15) is 0 Å². The van der Waals surface area contributed by atoms with Crippen molar-refractivity contribution in [3.05, 3.63) is 27.3 Å². The maximum atomic E-state index is 10.9. The lowest BCUT2D eigenvalue weighted by Gasteiger charge is -1.99. The van der Waals surface area contributed by atoms with E-state index in [1.165, 1.54) is 12.1 Å². The summed E-state index contributed by atoms with van der Waals surface area (Å²) in [7, 11) is -3.71. The van der Waals surface area contributed by atoms with E-state index in [9.17, 15) is 8.42 Å². The minimum atomic E-state index is -3.71. The van der Waals surface area contributed by atoms with E-state index >= 15 is 0 Å². The lowest BCUT2D eigenvalue weighted by atomic mass is 10.2. The van der Waals surface area contributed by atoms with Crippen LogP contribution in [0.15, 0.2) is 23.1 Å². The molecule has 4 nitrogen and oxygen atoms in total. The van der Waals surface area contributed by atoms with E-state index in [1.807, 2.05) is 28.7 Å². The van der Waals surface area contributed by atoms with E-state index in [0.717, 1.165) is 0 Å². The fraction of sp³-hybridized carbons (Fsp3) is 0. The maximum absolute atomic E-state index is 10.9. The molecule has 0 aromatic heterocycles. The molecule has 13 heavy (non-hydrogen) atoms. The van der Waals surface area contributed by atoms with E-state index in [1.54, 1.807) is 6.07 Å². The predicted octanol–water partition coefficient (Wildman–Crippen LogP) is 0.810. The zero-order valence-corrected chi connectivity index (χ0v) is 9.33. The molecule has 0 atom stereocenters. The van der Waals surface area contributed by atoms with Crippen LogP contribution >= 0.6 is 22.6 Å². The molecule has 0 fully saturated rings. The minimum Gasteiger partial charge on any atom is -0.225 e. The molecule has 0 saturated heterocycles. The van der Waals surface area contributed by atoms with Gasteiger partial charge in [0.15, 0.2) is 0 Å². The molecule has 0 spiro atoms. The first-order valence-electron chi connectivity index (χ1n) is 3.17. The molecule has 0 aliphatic carbocycles. The molecule has 0 amide bonds. The van der Waals surface area contributed by atoms with Gasteiger partial charge >= 0.3 is 0 Å². The Balaban J connectivity index is 3.44. The van der Waals surface area contributed by atoms with Gasteiger partial charge in [-0.25, -0.2) is 13.6 Å². The zero-order valence-electron chi connectivity index (χ0n) is 6.36. The second-order valence-corrected chi connectivity index (χ2v) is 5.14. The molecular formula is C7H5IN2O2S. The molecule has 1 rings (SSSR count). The van der Waals surface area contributed by atoms with E-state index < -0.39 is 10.0 Å². The van der Waals surface area contributed by atoms with Gasteiger partial charge < -0.3 is 0 Å². The van der Waals surface area contributed by atoms with Crippen LogP contribution in [0.3, 0.4) is 0 Å². The first kappa shape index (κ1) is 10.4. The van der Waals surface area contributed by atoms with Crippen molar-refractivity contribution in [2.45, 2.75) is 4.90 Å². The number of hydrogen-bond donors (Lipinski definition) is 1. The zero-order chi connectivity index (χ0) is 10.1. The first-order valence-corrected chi connectivity index (χ1v) is 5.79. The van der Waals surface area contributed by atoms with Crippen LogP contribution in [0.5, 0.6) is 0 Å². The van der Waals surface area contributed by atoms with Crippen LogP contribution in [0.25, 0.3) is 0 Å². The van der Waals surface area contributed by atoms with Crippen LogP contribution in [-0.2, 0) is 10.0 Å². The Morgan fingerprint density at radius 1 is 1.38 bits per heavy atom. The van der Waals surface area contributed by atoms with Crippen LogP contribution in [0, 0.1) is 14.9 Å². The summed E-state index contributed by atoms with van der Waals surface area (Å²) in [5, 5.41) is 13.5. The summed E-state index contributed by atoms with van der Waals surface area (Å²) in [5.41, 5.74) is 0.288. The van der Waals surface area contributed by atoms with E-state index in [4.69, 9.17) is 10.4 Å². The highest BCUT2D eigenvalue weighted by molar-refractivity contribution is 14.1. The fourth-order valence-corrected chi connectivity index (χ4v) is 2.26. The number of rotatable bonds is 1. The minimum absolute atomic E-state index is 0.0315. The SMILES string of the molecule is N#Cc1cc(I)cc(S(N)(=O)=O)c1. The van der Waals surface area contributed by atoms with Crippen molar-refractivity contribution in [2.75, 3.05) is 0 Å². The predicted molar refractivity (Wildman–Crippen MR) is 55.2 cm³/mol. The van der Waals surface area contributed by atoms with Crippen molar-refractivity contribution in [3.63, 3.8) is 0 Å². The van der Waals surface area contributed by atoms with Gasteiger partial charge in [-0.3, -0.25) is 0 Å². The molecular weight excluding hydrogens is 303 g/mol. The Morgan fingerprint density at radius 3 is 2.46 bits per heavy atom. The lowest BCUT2D eigenvalue weighted by Crippen LogP contribution is -2.12. The number of halogens is 1. The average Bonchev–Trinajstić information content (AvgIpc) is 2.01. The lowest BCUT2D eigenvalue weighted by molar-refractivity contribution is 0.597. The van der Waals surface area contributed by atoms with Crippen LogP contribution < -0.4 is 5.14 Å². The van der Waals surface area contributed by atoms with Crippen molar-refractivity contribution in [3.8, 4) is 6.07 Å². The monoisotopic (exact) mass is 308 g/mol. The number of nitriles is 1. The van der Waals surface area contributed by atoms with Gasteiger partial charge in [0, 0.05) is 3.57 Å². The molecule has 0 saturated carbocycles. The third-order valence-electron chi connectivity index (χ3n) is 1.33. The molecule has 0 bridgehead atoms. The Labute approximate surface area is 89.6 Å². The van der Waals surface area contributed by atoms with Gasteiger partial charge in [0.25, 0.3) is 0 Å². The van der Waals surface area contributed by atoms with Crippen LogP contribution in [0.2, 0.25) is 0 Å². The highest BCUT2D eigenvalue weighted by Gasteiger charge is 2.09. The van der Waals surface area contributed by atoms with Crippen molar-refractivity contribution in [1.29, 1.82) is 5.26 Å². The van der Waals surface area contributed by atoms with Crippen LogP contribution in [0.1, 0.15) is 5.56 Å². The molecule has 2 N–H and O–H groups in total. The Hall–Kier alpha value is -0.650. The van der Waals surface area contributed by atoms with Gasteiger partial charge in [0.2, 0.25) is 10.0 Å². The second-order valence-electron chi connectivity index (χ2n) is 2.33. The fourth-order valence-electron chi connectivity index (χ4n) is 0.792. The number of hydrogen-bond acceptors (Lipinski definition) is 3. The van der Waals surface area contributed by atoms with Crippen LogP contribution in [0.4, 0.5) is 0 Å². The summed E-state index contributed by atoms with van der Waals surface area (Å²) in [6.07, 6.45) is 0. The maximum Gasteiger partial charge on any atom is 0.238 e. The quantitative estimate of drug-likeness (QED) is 0.779. The third-order valence-corrected chi connectivity index (χ3v) is 2.84. The van der Waals surface area contributed by atoms with Gasteiger partial charge in [-0.2, -0.15) is 5.26 Å². The first-order chi connectivity index (χ1) is 5.93. The summed E-state index contributed by atoms with van der Waals surface area (Å²) < 4.78 is 22.5.